The highest BCUT2D eigenvalue weighted by Gasteiger charge is 2.22. The first-order chi connectivity index (χ1) is 5.18. The zero-order valence-electron chi connectivity index (χ0n) is 8.24. The molecule has 0 aromatic rings. The molecule has 0 saturated carbocycles. The fourth-order valence-electron chi connectivity index (χ4n) is 1.06. The monoisotopic (exact) mass is 191 g/mol. The molecule has 0 amide bonds. The predicted octanol–water partition coefficient (Wildman–Crippen LogP) is 0.488. The zero-order chi connectivity index (χ0) is 8.74. The van der Waals surface area contributed by atoms with E-state index in [0.717, 1.165) is 17.0 Å². The van der Waals surface area contributed by atoms with E-state index in [1.54, 1.807) is 0 Å². The minimum absolute atomic E-state index is 0.916. The Morgan fingerprint density at radius 1 is 1.55 bits per heavy atom. The Bertz CT molecular complexity index is 96.4. The van der Waals surface area contributed by atoms with Crippen LogP contribution in [0.4, 0.5) is 0 Å². The Morgan fingerprint density at radius 3 is 2.55 bits per heavy atom. The molecule has 0 bridgehead atoms. The summed E-state index contributed by atoms with van der Waals surface area (Å²) in [4.78, 5) is 0. The molecule has 0 aromatic carbocycles. The van der Waals surface area contributed by atoms with Gasteiger partial charge in [-0.3, -0.25) is 0 Å². The molecule has 0 spiro atoms. The van der Waals surface area contributed by atoms with Gasteiger partial charge >= 0.3 is 0 Å². The largest absolute Gasteiger partial charge is 0.463 e. The summed E-state index contributed by atoms with van der Waals surface area (Å²) in [7, 11) is 1.71. The molecule has 0 heterocycles. The van der Waals surface area contributed by atoms with Gasteiger partial charge in [-0.1, -0.05) is 6.92 Å². The summed E-state index contributed by atoms with van der Waals surface area (Å²) in [5.74, 6) is 0. The molecule has 0 aliphatic heterocycles. The number of hydrogen-bond acceptors (Lipinski definition) is 2. The van der Waals surface area contributed by atoms with Crippen molar-refractivity contribution in [2.24, 2.45) is 0 Å². The summed E-state index contributed by atoms with van der Waals surface area (Å²) < 4.78 is 5.68. The van der Waals surface area contributed by atoms with Gasteiger partial charge in [0.1, 0.15) is 10.5 Å². The van der Waals surface area contributed by atoms with E-state index in [0.29, 0.717) is 0 Å². The quantitative estimate of drug-likeness (QED) is 0.487. The Hall–Kier alpha value is 0.354. The first-order valence-corrected chi connectivity index (χ1v) is 8.02. The van der Waals surface area contributed by atoms with E-state index in [1.807, 2.05) is 7.05 Å². The van der Waals surface area contributed by atoms with Crippen LogP contribution in [0.5, 0.6) is 0 Å². The van der Waals surface area contributed by atoms with Crippen LogP contribution in [0.25, 0.3) is 0 Å². The van der Waals surface area contributed by atoms with Crippen molar-refractivity contribution in [2.75, 3.05) is 13.6 Å². The first kappa shape index (κ1) is 11.4. The smallest absolute Gasteiger partial charge is 0.175 e. The maximum Gasteiger partial charge on any atom is 0.175 e. The Morgan fingerprint density at radius 2 is 2.18 bits per heavy atom. The number of nitrogens with one attached hydrogen (secondary N) is 1. The molecule has 1 unspecified atom stereocenters. The summed E-state index contributed by atoms with van der Waals surface area (Å²) >= 11 is 0. The van der Waals surface area contributed by atoms with Gasteiger partial charge in [-0.25, -0.2) is 0 Å². The summed E-state index contributed by atoms with van der Waals surface area (Å²) in [5.41, 5.74) is 0. The summed E-state index contributed by atoms with van der Waals surface area (Å²) in [6.07, 6.45) is 1.27. The Balaban J connectivity index is 3.51. The van der Waals surface area contributed by atoms with Gasteiger partial charge < -0.3 is 9.43 Å². The maximum atomic E-state index is 5.68. The molecule has 68 valence electrons. The lowest BCUT2D eigenvalue weighted by Gasteiger charge is -2.24. The van der Waals surface area contributed by atoms with Crippen LogP contribution >= 0.6 is 0 Å². The van der Waals surface area contributed by atoms with Crippen LogP contribution in [0.2, 0.25) is 18.6 Å². The van der Waals surface area contributed by atoms with Crippen molar-refractivity contribution in [2.45, 2.75) is 32.0 Å². The lowest BCUT2D eigenvalue weighted by molar-refractivity contribution is 0.585. The third-order valence-corrected chi connectivity index (χ3v) is 9.22. The molecule has 0 aliphatic carbocycles. The van der Waals surface area contributed by atoms with Crippen molar-refractivity contribution in [1.29, 1.82) is 0 Å². The molecule has 0 fully saturated rings. The van der Waals surface area contributed by atoms with E-state index < -0.39 is 8.32 Å². The van der Waals surface area contributed by atoms with Gasteiger partial charge in [0.25, 0.3) is 0 Å². The molecule has 11 heavy (non-hydrogen) atoms. The van der Waals surface area contributed by atoms with Gasteiger partial charge in [0.15, 0.2) is 8.32 Å². The molecule has 4 heteroatoms. The second-order valence-corrected chi connectivity index (χ2v) is 8.95. The molecule has 2 nitrogen and oxygen atoms in total. The van der Waals surface area contributed by atoms with Crippen LogP contribution in [0.1, 0.15) is 13.3 Å². The third kappa shape index (κ3) is 4.73. The molecule has 0 aromatic heterocycles. The summed E-state index contributed by atoms with van der Waals surface area (Å²) in [5, 5.41) is 3.17. The van der Waals surface area contributed by atoms with Crippen molar-refractivity contribution < 1.29 is 4.12 Å². The number of rotatable bonds is 6. The highest BCUT2D eigenvalue weighted by Crippen LogP contribution is 2.16. The van der Waals surface area contributed by atoms with Gasteiger partial charge in [0, 0.05) is 0 Å². The van der Waals surface area contributed by atoms with Crippen LogP contribution in [-0.4, -0.2) is 32.4 Å². The van der Waals surface area contributed by atoms with Gasteiger partial charge in [-0.05, 0) is 38.6 Å². The van der Waals surface area contributed by atoms with Crippen LogP contribution in [0.3, 0.4) is 0 Å². The van der Waals surface area contributed by atoms with Crippen molar-refractivity contribution in [3.63, 3.8) is 0 Å². The Labute approximate surface area is 74.4 Å². The van der Waals surface area contributed by atoms with Crippen LogP contribution in [0.15, 0.2) is 0 Å². The van der Waals surface area contributed by atoms with E-state index in [4.69, 9.17) is 4.12 Å². The molecular formula is C7H21NOSi2. The molecule has 1 atom stereocenters. The van der Waals surface area contributed by atoms with E-state index in [9.17, 15) is 0 Å². The molecule has 0 rings (SSSR count). The van der Waals surface area contributed by atoms with E-state index in [1.165, 1.54) is 18.5 Å². The third-order valence-electron chi connectivity index (χ3n) is 2.37. The SMILES string of the molecule is CC[Si](C)(CCCNC)O[SiH3]. The van der Waals surface area contributed by atoms with Gasteiger partial charge in [0.2, 0.25) is 0 Å². The topological polar surface area (TPSA) is 21.3 Å². The average molecular weight is 191 g/mol. The molecule has 0 radical (unpaired) electrons. The molecular weight excluding hydrogens is 170 g/mol. The maximum absolute atomic E-state index is 5.68. The second-order valence-electron chi connectivity index (χ2n) is 3.21. The molecule has 0 aliphatic rings. The van der Waals surface area contributed by atoms with Crippen LogP contribution in [-0.2, 0) is 4.12 Å². The zero-order valence-corrected chi connectivity index (χ0v) is 11.2. The van der Waals surface area contributed by atoms with Crippen molar-refractivity contribution in [3.8, 4) is 0 Å². The predicted molar refractivity (Wildman–Crippen MR) is 56.5 cm³/mol. The van der Waals surface area contributed by atoms with Crippen molar-refractivity contribution in [1.82, 2.24) is 5.32 Å². The average Bonchev–Trinajstić information content (AvgIpc) is 2.05. The first-order valence-electron chi connectivity index (χ1n) is 4.38. The lowest BCUT2D eigenvalue weighted by atomic mass is 10.5. The Kier molecular flexibility index (Phi) is 6.13. The second kappa shape index (κ2) is 5.94. The van der Waals surface area contributed by atoms with Crippen molar-refractivity contribution >= 4 is 18.8 Å². The van der Waals surface area contributed by atoms with Gasteiger partial charge in [-0.2, -0.15) is 0 Å². The standard InChI is InChI=1S/C7H21NOSi2/c1-4-11(3,9-10)7-5-6-8-2/h8H,4-7H2,1-3,10H3. The van der Waals surface area contributed by atoms with E-state index >= 15 is 0 Å². The number of hydrogen-bond donors (Lipinski definition) is 1. The minimum atomic E-state index is -1.21. The van der Waals surface area contributed by atoms with Gasteiger partial charge in [0.05, 0.1) is 0 Å². The van der Waals surface area contributed by atoms with Gasteiger partial charge in [-0.15, -0.1) is 0 Å². The summed E-state index contributed by atoms with van der Waals surface area (Å²) in [6, 6.07) is 2.58. The minimum Gasteiger partial charge on any atom is -0.463 e. The van der Waals surface area contributed by atoms with Crippen LogP contribution < -0.4 is 5.32 Å². The summed E-state index contributed by atoms with van der Waals surface area (Å²) in [6.45, 7) is 5.73. The fraction of sp³-hybridized carbons (Fsp3) is 1.00. The molecule has 1 N–H and O–H groups in total. The van der Waals surface area contributed by atoms with E-state index in [2.05, 4.69) is 18.8 Å². The fourth-order valence-corrected chi connectivity index (χ4v) is 4.31. The molecule has 0 saturated heterocycles. The highest BCUT2D eigenvalue weighted by molar-refractivity contribution is 6.74. The van der Waals surface area contributed by atoms with Crippen molar-refractivity contribution in [3.05, 3.63) is 0 Å². The van der Waals surface area contributed by atoms with Crippen LogP contribution in [0, 0.1) is 0 Å². The lowest BCUT2D eigenvalue weighted by Crippen LogP contribution is -2.33. The van der Waals surface area contributed by atoms with E-state index in [-0.39, 0.29) is 0 Å². The normalized spacial score (nSPS) is 16.6. The highest BCUT2D eigenvalue weighted by atomic mass is 28.4.